The molecule has 0 bridgehead atoms. The van der Waals surface area contributed by atoms with Crippen LogP contribution in [0.5, 0.6) is 0 Å². The van der Waals surface area contributed by atoms with Crippen molar-refractivity contribution in [1.82, 2.24) is 10.3 Å². The van der Waals surface area contributed by atoms with Gasteiger partial charge in [-0.15, -0.1) is 11.3 Å². The molecule has 0 aliphatic heterocycles. The van der Waals surface area contributed by atoms with Crippen LogP contribution in [-0.4, -0.2) is 27.7 Å². The molecule has 18 heavy (non-hydrogen) atoms. The van der Waals surface area contributed by atoms with Crippen LogP contribution in [0.15, 0.2) is 15.9 Å². The summed E-state index contributed by atoms with van der Waals surface area (Å²) in [5.41, 5.74) is 5.16. The Bertz CT molecular complexity index is 433. The largest absolute Gasteiger partial charge is 0.368 e. The van der Waals surface area contributed by atoms with E-state index < -0.39 is 5.54 Å². The van der Waals surface area contributed by atoms with Crippen LogP contribution < -0.4 is 11.1 Å². The number of amides is 1. The summed E-state index contributed by atoms with van der Waals surface area (Å²) in [6, 6.07) is 0.515. The molecule has 3 N–H and O–H groups in total. The summed E-state index contributed by atoms with van der Waals surface area (Å²) < 4.78 is 1.09. The highest BCUT2D eigenvalue weighted by Crippen LogP contribution is 2.42. The van der Waals surface area contributed by atoms with Crippen LogP contribution in [0.25, 0.3) is 0 Å². The average Bonchev–Trinajstić information content (AvgIpc) is 2.84. The Hall–Kier alpha value is -0.590. The highest BCUT2D eigenvalue weighted by Gasteiger charge is 2.47. The van der Waals surface area contributed by atoms with Gasteiger partial charge in [0.05, 0.1) is 5.54 Å². The van der Waals surface area contributed by atoms with E-state index in [1.807, 2.05) is 11.6 Å². The molecule has 2 saturated carbocycles. The van der Waals surface area contributed by atoms with Gasteiger partial charge in [0.25, 0.3) is 0 Å². The molecule has 0 aromatic carbocycles. The Labute approximate surface area is 115 Å². The van der Waals surface area contributed by atoms with Crippen molar-refractivity contribution in [3.05, 3.63) is 11.6 Å². The number of carbonyl (C=O) groups excluding carboxylic acids is 1. The number of carbonyl (C=O) groups is 1. The molecule has 1 heterocycles. The van der Waals surface area contributed by atoms with Gasteiger partial charge in [0.1, 0.15) is 4.34 Å². The van der Waals surface area contributed by atoms with Crippen LogP contribution in [0.1, 0.15) is 32.1 Å². The molecule has 1 aromatic rings. The Morgan fingerprint density at radius 2 is 2.39 bits per heavy atom. The molecule has 2 atom stereocenters. The minimum atomic E-state index is -0.462. The van der Waals surface area contributed by atoms with E-state index >= 15 is 0 Å². The third kappa shape index (κ3) is 2.55. The quantitative estimate of drug-likeness (QED) is 0.864. The molecule has 0 spiro atoms. The number of nitrogens with one attached hydrogen (secondary N) is 1. The first-order chi connectivity index (χ1) is 8.68. The van der Waals surface area contributed by atoms with E-state index in [0.717, 1.165) is 23.6 Å². The van der Waals surface area contributed by atoms with Gasteiger partial charge in [-0.2, -0.15) is 0 Å². The smallest absolute Gasteiger partial charge is 0.237 e. The number of thiazole rings is 1. The summed E-state index contributed by atoms with van der Waals surface area (Å²) in [4.78, 5) is 16.1. The van der Waals surface area contributed by atoms with Crippen molar-refractivity contribution < 1.29 is 4.79 Å². The molecule has 0 radical (unpaired) electrons. The monoisotopic (exact) mass is 283 g/mol. The maximum atomic E-state index is 11.8. The fourth-order valence-corrected chi connectivity index (χ4v) is 4.72. The number of hydrogen-bond donors (Lipinski definition) is 2. The third-order valence-corrected chi connectivity index (χ3v) is 5.86. The van der Waals surface area contributed by atoms with Crippen LogP contribution in [0.4, 0.5) is 0 Å². The van der Waals surface area contributed by atoms with E-state index in [1.54, 1.807) is 23.1 Å². The van der Waals surface area contributed by atoms with Gasteiger partial charge in [-0.05, 0) is 32.1 Å². The number of nitrogens with zero attached hydrogens (tertiary/aromatic N) is 1. The van der Waals surface area contributed by atoms with E-state index in [4.69, 9.17) is 5.73 Å². The minimum Gasteiger partial charge on any atom is -0.368 e. The van der Waals surface area contributed by atoms with E-state index in [1.165, 1.54) is 12.8 Å². The van der Waals surface area contributed by atoms with Crippen molar-refractivity contribution >= 4 is 29.0 Å². The van der Waals surface area contributed by atoms with Crippen LogP contribution in [0, 0.1) is 0 Å². The zero-order chi connectivity index (χ0) is 12.6. The van der Waals surface area contributed by atoms with Crippen molar-refractivity contribution in [3.63, 3.8) is 0 Å². The fraction of sp³-hybridized carbons (Fsp3) is 0.667. The Morgan fingerprint density at radius 3 is 3.00 bits per heavy atom. The van der Waals surface area contributed by atoms with E-state index in [9.17, 15) is 4.79 Å². The van der Waals surface area contributed by atoms with Crippen LogP contribution >= 0.6 is 23.1 Å². The lowest BCUT2D eigenvalue weighted by Gasteiger charge is -2.27. The second-order valence-electron chi connectivity index (χ2n) is 5.15. The lowest BCUT2D eigenvalue weighted by atomic mass is 9.96. The van der Waals surface area contributed by atoms with Crippen LogP contribution in [0.3, 0.4) is 0 Å². The Balaban J connectivity index is 1.65. The molecule has 2 unspecified atom stereocenters. The summed E-state index contributed by atoms with van der Waals surface area (Å²) in [5, 5.41) is 5.91. The summed E-state index contributed by atoms with van der Waals surface area (Å²) in [6.45, 7) is 0. The fourth-order valence-electron chi connectivity index (χ4n) is 2.56. The summed E-state index contributed by atoms with van der Waals surface area (Å²) >= 11 is 3.44. The molecule has 2 fully saturated rings. The number of rotatable bonds is 5. The number of hydrogen-bond acceptors (Lipinski definition) is 5. The maximum Gasteiger partial charge on any atom is 0.237 e. The van der Waals surface area contributed by atoms with E-state index in [-0.39, 0.29) is 5.91 Å². The van der Waals surface area contributed by atoms with Crippen LogP contribution in [-0.2, 0) is 4.79 Å². The SMILES string of the molecule is NC(=O)C1(NC2CC2)CCC(Sc2nccs2)C1. The summed E-state index contributed by atoms with van der Waals surface area (Å²) in [5.74, 6) is -0.184. The van der Waals surface area contributed by atoms with Gasteiger partial charge < -0.3 is 11.1 Å². The molecule has 3 rings (SSSR count). The van der Waals surface area contributed by atoms with E-state index in [0.29, 0.717) is 11.3 Å². The van der Waals surface area contributed by atoms with Gasteiger partial charge in [0.2, 0.25) is 5.91 Å². The molecule has 2 aliphatic carbocycles. The van der Waals surface area contributed by atoms with Crippen LogP contribution in [0.2, 0.25) is 0 Å². The van der Waals surface area contributed by atoms with Gasteiger partial charge in [-0.3, -0.25) is 4.79 Å². The Kier molecular flexibility index (Phi) is 3.34. The van der Waals surface area contributed by atoms with Crippen molar-refractivity contribution in [1.29, 1.82) is 0 Å². The molecule has 2 aliphatic rings. The minimum absolute atomic E-state index is 0.184. The molecule has 1 amide bonds. The lowest BCUT2D eigenvalue weighted by molar-refractivity contribution is -0.124. The van der Waals surface area contributed by atoms with Crippen molar-refractivity contribution in [2.24, 2.45) is 5.73 Å². The molecule has 98 valence electrons. The first-order valence-electron chi connectivity index (χ1n) is 6.32. The predicted molar refractivity (Wildman–Crippen MR) is 73.7 cm³/mol. The summed E-state index contributed by atoms with van der Waals surface area (Å²) in [6.07, 6.45) is 6.92. The second-order valence-corrected chi connectivity index (χ2v) is 7.59. The first-order valence-corrected chi connectivity index (χ1v) is 8.08. The van der Waals surface area contributed by atoms with Gasteiger partial charge in [0, 0.05) is 22.9 Å². The zero-order valence-corrected chi connectivity index (χ0v) is 11.7. The van der Waals surface area contributed by atoms with E-state index in [2.05, 4.69) is 10.3 Å². The number of thioether (sulfide) groups is 1. The molecule has 6 heteroatoms. The van der Waals surface area contributed by atoms with Crippen molar-refractivity contribution in [2.75, 3.05) is 0 Å². The standard InChI is InChI=1S/C12H17N3OS2/c13-10(16)12(15-8-1-2-8)4-3-9(7-12)18-11-14-5-6-17-11/h5-6,8-9,15H,1-4,7H2,(H2,13,16). The topological polar surface area (TPSA) is 68.0 Å². The number of aromatic nitrogens is 1. The van der Waals surface area contributed by atoms with Gasteiger partial charge in [0.15, 0.2) is 0 Å². The van der Waals surface area contributed by atoms with Gasteiger partial charge >= 0.3 is 0 Å². The predicted octanol–water partition coefficient (Wildman–Crippen LogP) is 1.76. The van der Waals surface area contributed by atoms with Gasteiger partial charge in [-0.25, -0.2) is 4.98 Å². The molecule has 0 saturated heterocycles. The normalized spacial score (nSPS) is 31.7. The maximum absolute atomic E-state index is 11.8. The highest BCUT2D eigenvalue weighted by atomic mass is 32.2. The van der Waals surface area contributed by atoms with Crippen molar-refractivity contribution in [3.8, 4) is 0 Å². The molecular weight excluding hydrogens is 266 g/mol. The number of nitrogens with two attached hydrogens (primary N) is 1. The number of primary amides is 1. The highest BCUT2D eigenvalue weighted by molar-refractivity contribution is 8.01. The lowest BCUT2D eigenvalue weighted by Crippen LogP contribution is -2.54. The molecule has 4 nitrogen and oxygen atoms in total. The second kappa shape index (κ2) is 4.83. The summed E-state index contributed by atoms with van der Waals surface area (Å²) in [7, 11) is 0. The van der Waals surface area contributed by atoms with Crippen molar-refractivity contribution in [2.45, 2.75) is 53.3 Å². The van der Waals surface area contributed by atoms with Gasteiger partial charge in [-0.1, -0.05) is 11.8 Å². The third-order valence-electron chi connectivity index (χ3n) is 3.68. The average molecular weight is 283 g/mol. The first kappa shape index (κ1) is 12.4. The Morgan fingerprint density at radius 1 is 1.56 bits per heavy atom. The molecular formula is C12H17N3OS2. The zero-order valence-electron chi connectivity index (χ0n) is 10.1. The molecule has 1 aromatic heterocycles.